The molecule has 2 saturated carbocycles. The molecule has 0 amide bonds. The van der Waals surface area contributed by atoms with E-state index in [0.29, 0.717) is 0 Å². The van der Waals surface area contributed by atoms with Crippen LogP contribution in [0.4, 0.5) is 13.2 Å². The second kappa shape index (κ2) is 3.40. The molecule has 2 rings (SSSR count). The normalized spacial score (nSPS) is 27.6. The van der Waals surface area contributed by atoms with E-state index in [4.69, 9.17) is 0 Å². The second-order valence-corrected chi connectivity index (χ2v) is 4.56. The minimum atomic E-state index is -4.05. The predicted molar refractivity (Wildman–Crippen MR) is 48.0 cm³/mol. The van der Waals surface area contributed by atoms with E-state index in [2.05, 4.69) is 5.32 Å². The number of nitrogens with one attached hydrogen (secondary N) is 1. The van der Waals surface area contributed by atoms with Crippen molar-refractivity contribution >= 4 is 0 Å². The van der Waals surface area contributed by atoms with Gasteiger partial charge in [-0.3, -0.25) is 0 Å². The highest BCUT2D eigenvalue weighted by Gasteiger charge is 2.63. The molecule has 4 heteroatoms. The molecule has 0 saturated heterocycles. The first kappa shape index (κ1) is 10.3. The average molecular weight is 207 g/mol. The Morgan fingerprint density at radius 3 is 2.00 bits per heavy atom. The SMILES string of the molecule is FC(F)(F)C1(NC2CCCCC2)CC1. The molecule has 82 valence electrons. The van der Waals surface area contributed by atoms with Crippen molar-refractivity contribution in [2.45, 2.75) is 62.7 Å². The molecule has 0 spiro atoms. The Morgan fingerprint density at radius 2 is 1.57 bits per heavy atom. The van der Waals surface area contributed by atoms with Gasteiger partial charge in [-0.1, -0.05) is 19.3 Å². The van der Waals surface area contributed by atoms with Crippen molar-refractivity contribution < 1.29 is 13.2 Å². The summed E-state index contributed by atoms with van der Waals surface area (Å²) < 4.78 is 37.8. The van der Waals surface area contributed by atoms with Crippen LogP contribution in [0.3, 0.4) is 0 Å². The van der Waals surface area contributed by atoms with E-state index < -0.39 is 11.7 Å². The molecule has 0 atom stereocenters. The fourth-order valence-corrected chi connectivity index (χ4v) is 2.27. The van der Waals surface area contributed by atoms with Crippen LogP contribution in [-0.2, 0) is 0 Å². The van der Waals surface area contributed by atoms with Crippen molar-refractivity contribution in [1.29, 1.82) is 0 Å². The van der Waals surface area contributed by atoms with E-state index in [1.807, 2.05) is 0 Å². The molecule has 0 aromatic heterocycles. The molecule has 0 heterocycles. The van der Waals surface area contributed by atoms with Crippen LogP contribution in [-0.4, -0.2) is 17.8 Å². The lowest BCUT2D eigenvalue weighted by Gasteiger charge is -2.29. The highest BCUT2D eigenvalue weighted by atomic mass is 19.4. The standard InChI is InChI=1S/C10H16F3N/c11-10(12,13)9(6-7-9)14-8-4-2-1-3-5-8/h8,14H,1-7H2. The Labute approximate surface area is 82.1 Å². The number of halogens is 3. The zero-order valence-corrected chi connectivity index (χ0v) is 8.16. The van der Waals surface area contributed by atoms with E-state index in [1.165, 1.54) is 6.42 Å². The van der Waals surface area contributed by atoms with Gasteiger partial charge in [0, 0.05) is 6.04 Å². The second-order valence-electron chi connectivity index (χ2n) is 4.56. The summed E-state index contributed by atoms with van der Waals surface area (Å²) in [7, 11) is 0. The summed E-state index contributed by atoms with van der Waals surface area (Å²) >= 11 is 0. The lowest BCUT2D eigenvalue weighted by Crippen LogP contribution is -2.50. The van der Waals surface area contributed by atoms with Gasteiger partial charge in [-0.2, -0.15) is 13.2 Å². The van der Waals surface area contributed by atoms with Gasteiger partial charge < -0.3 is 5.32 Å². The molecule has 0 aromatic carbocycles. The van der Waals surface area contributed by atoms with Crippen molar-refractivity contribution in [3.8, 4) is 0 Å². The molecule has 1 nitrogen and oxygen atoms in total. The Kier molecular flexibility index (Phi) is 2.50. The first-order valence-corrected chi connectivity index (χ1v) is 5.38. The summed E-state index contributed by atoms with van der Waals surface area (Å²) in [5.41, 5.74) is -1.50. The van der Waals surface area contributed by atoms with Gasteiger partial charge >= 0.3 is 6.18 Å². The molecule has 0 unspecified atom stereocenters. The zero-order chi connectivity index (χ0) is 10.2. The summed E-state index contributed by atoms with van der Waals surface area (Å²) in [5, 5.41) is 2.82. The lowest BCUT2D eigenvalue weighted by molar-refractivity contribution is -0.168. The topological polar surface area (TPSA) is 12.0 Å². The van der Waals surface area contributed by atoms with Crippen molar-refractivity contribution in [1.82, 2.24) is 5.32 Å². The molecular formula is C10H16F3N. The Bertz CT molecular complexity index is 202. The molecule has 0 bridgehead atoms. The van der Waals surface area contributed by atoms with Gasteiger partial charge in [0.05, 0.1) is 0 Å². The molecule has 2 aliphatic rings. The van der Waals surface area contributed by atoms with Crippen LogP contribution in [0, 0.1) is 0 Å². The molecule has 2 aliphatic carbocycles. The zero-order valence-electron chi connectivity index (χ0n) is 8.16. The predicted octanol–water partition coefficient (Wildman–Crippen LogP) is 3.00. The summed E-state index contributed by atoms with van der Waals surface area (Å²) in [6.07, 6.45) is 1.65. The van der Waals surface area contributed by atoms with Gasteiger partial charge in [0.1, 0.15) is 5.54 Å². The summed E-state index contributed by atoms with van der Waals surface area (Å²) in [5.74, 6) is 0. The average Bonchev–Trinajstić information content (AvgIpc) is 2.86. The largest absolute Gasteiger partial charge is 0.406 e. The van der Waals surface area contributed by atoms with Gasteiger partial charge in [-0.15, -0.1) is 0 Å². The van der Waals surface area contributed by atoms with Crippen LogP contribution in [0.15, 0.2) is 0 Å². The monoisotopic (exact) mass is 207 g/mol. The third kappa shape index (κ3) is 1.90. The van der Waals surface area contributed by atoms with Crippen molar-refractivity contribution in [2.75, 3.05) is 0 Å². The quantitative estimate of drug-likeness (QED) is 0.734. The Balaban J connectivity index is 1.90. The molecule has 14 heavy (non-hydrogen) atoms. The molecule has 1 N–H and O–H groups in total. The first-order chi connectivity index (χ1) is 6.54. The smallest absolute Gasteiger partial charge is 0.301 e. The van der Waals surface area contributed by atoms with E-state index >= 15 is 0 Å². The Hall–Kier alpha value is -0.250. The first-order valence-electron chi connectivity index (χ1n) is 5.38. The minimum Gasteiger partial charge on any atom is -0.301 e. The van der Waals surface area contributed by atoms with E-state index in [-0.39, 0.29) is 18.9 Å². The van der Waals surface area contributed by atoms with Crippen LogP contribution < -0.4 is 5.32 Å². The van der Waals surface area contributed by atoms with Crippen LogP contribution in [0.25, 0.3) is 0 Å². The fourth-order valence-electron chi connectivity index (χ4n) is 2.27. The van der Waals surface area contributed by atoms with Crippen LogP contribution in [0.5, 0.6) is 0 Å². The van der Waals surface area contributed by atoms with Gasteiger partial charge in [-0.05, 0) is 25.7 Å². The van der Waals surface area contributed by atoms with Crippen LogP contribution in [0.1, 0.15) is 44.9 Å². The Morgan fingerprint density at radius 1 is 1.00 bits per heavy atom. The number of hydrogen-bond donors (Lipinski definition) is 1. The molecule has 0 aliphatic heterocycles. The van der Waals surface area contributed by atoms with E-state index in [0.717, 1.165) is 25.7 Å². The number of alkyl halides is 3. The maximum Gasteiger partial charge on any atom is 0.406 e. The van der Waals surface area contributed by atoms with Gasteiger partial charge in [0.25, 0.3) is 0 Å². The number of rotatable bonds is 2. The summed E-state index contributed by atoms with van der Waals surface area (Å²) in [4.78, 5) is 0. The summed E-state index contributed by atoms with van der Waals surface area (Å²) in [6.45, 7) is 0. The maximum atomic E-state index is 12.6. The summed E-state index contributed by atoms with van der Waals surface area (Å²) in [6, 6.07) is 0.105. The lowest BCUT2D eigenvalue weighted by atomic mass is 9.94. The maximum absolute atomic E-state index is 12.6. The van der Waals surface area contributed by atoms with Crippen LogP contribution >= 0.6 is 0 Å². The molecule has 2 fully saturated rings. The van der Waals surface area contributed by atoms with Gasteiger partial charge in [-0.25, -0.2) is 0 Å². The van der Waals surface area contributed by atoms with Crippen molar-refractivity contribution in [3.63, 3.8) is 0 Å². The molecular weight excluding hydrogens is 191 g/mol. The van der Waals surface area contributed by atoms with Crippen molar-refractivity contribution in [3.05, 3.63) is 0 Å². The van der Waals surface area contributed by atoms with E-state index in [1.54, 1.807) is 0 Å². The van der Waals surface area contributed by atoms with Crippen molar-refractivity contribution in [2.24, 2.45) is 0 Å². The third-order valence-corrected chi connectivity index (χ3v) is 3.38. The van der Waals surface area contributed by atoms with E-state index in [9.17, 15) is 13.2 Å². The van der Waals surface area contributed by atoms with Crippen LogP contribution in [0.2, 0.25) is 0 Å². The fraction of sp³-hybridized carbons (Fsp3) is 1.00. The molecule has 0 radical (unpaired) electrons. The highest BCUT2D eigenvalue weighted by molar-refractivity contribution is 5.09. The van der Waals surface area contributed by atoms with Gasteiger partial charge in [0.15, 0.2) is 0 Å². The molecule has 0 aromatic rings. The van der Waals surface area contributed by atoms with Gasteiger partial charge in [0.2, 0.25) is 0 Å². The minimum absolute atomic E-state index is 0.105. The highest BCUT2D eigenvalue weighted by Crippen LogP contribution is 2.49. The number of hydrogen-bond acceptors (Lipinski definition) is 1. The third-order valence-electron chi connectivity index (χ3n) is 3.38.